The minimum absolute atomic E-state index is 0.984. The van der Waals surface area contributed by atoms with E-state index >= 15 is 0 Å². The Morgan fingerprint density at radius 3 is 2.60 bits per heavy atom. The predicted octanol–water partition coefficient (Wildman–Crippen LogP) is 3.48. The first kappa shape index (κ1) is 9.22. The molecule has 0 nitrogen and oxygen atoms in total. The van der Waals surface area contributed by atoms with Gasteiger partial charge >= 0.3 is 0 Å². The zero-order chi connectivity index (χ0) is 7.82. The van der Waals surface area contributed by atoms with Gasteiger partial charge in [-0.05, 0) is 19.8 Å². The van der Waals surface area contributed by atoms with Crippen molar-refractivity contribution in [1.29, 1.82) is 0 Å². The van der Waals surface area contributed by atoms with Gasteiger partial charge in [-0.15, -0.1) is 0 Å². The molecule has 56 valence electrons. The minimum atomic E-state index is 0.984. The molecule has 0 heterocycles. The van der Waals surface area contributed by atoms with Gasteiger partial charge in [0.25, 0.3) is 0 Å². The summed E-state index contributed by atoms with van der Waals surface area (Å²) in [6.07, 6.45) is 10.5. The Morgan fingerprint density at radius 2 is 2.10 bits per heavy atom. The van der Waals surface area contributed by atoms with Gasteiger partial charge < -0.3 is 0 Å². The quantitative estimate of drug-likeness (QED) is 0.410. The molecule has 0 N–H and O–H groups in total. The molecule has 0 aromatic rings. The molecule has 0 spiro atoms. The van der Waals surface area contributed by atoms with Gasteiger partial charge in [-0.3, -0.25) is 0 Å². The van der Waals surface area contributed by atoms with E-state index < -0.39 is 0 Å². The van der Waals surface area contributed by atoms with E-state index in [1.165, 1.54) is 5.57 Å². The van der Waals surface area contributed by atoms with Gasteiger partial charge in [0, 0.05) is 0 Å². The van der Waals surface area contributed by atoms with Crippen molar-refractivity contribution in [3.05, 3.63) is 36.5 Å². The third-order valence-corrected chi connectivity index (χ3v) is 1.18. The van der Waals surface area contributed by atoms with Crippen LogP contribution >= 0.6 is 0 Å². The van der Waals surface area contributed by atoms with Crippen LogP contribution in [0.3, 0.4) is 0 Å². The van der Waals surface area contributed by atoms with Gasteiger partial charge in [0.1, 0.15) is 0 Å². The highest BCUT2D eigenvalue weighted by molar-refractivity contribution is 5.16. The summed E-state index contributed by atoms with van der Waals surface area (Å²) in [6, 6.07) is 0. The van der Waals surface area contributed by atoms with E-state index in [0.717, 1.165) is 12.8 Å². The summed E-state index contributed by atoms with van der Waals surface area (Å²) in [4.78, 5) is 0. The first-order chi connectivity index (χ1) is 4.81. The fourth-order valence-corrected chi connectivity index (χ4v) is 0.705. The van der Waals surface area contributed by atoms with Gasteiger partial charge in [0.2, 0.25) is 0 Å². The van der Waals surface area contributed by atoms with Crippen molar-refractivity contribution in [2.45, 2.75) is 26.7 Å². The molecule has 0 aliphatic heterocycles. The van der Waals surface area contributed by atoms with Crippen LogP contribution in [0.25, 0.3) is 0 Å². The van der Waals surface area contributed by atoms with Crippen molar-refractivity contribution >= 4 is 0 Å². The molecule has 0 fully saturated rings. The summed E-state index contributed by atoms with van der Waals surface area (Å²) in [5.74, 6) is 0. The summed E-state index contributed by atoms with van der Waals surface area (Å²) in [5, 5.41) is 0. The summed E-state index contributed by atoms with van der Waals surface area (Å²) in [6.45, 7) is 8.02. The number of hydrogen-bond donors (Lipinski definition) is 0. The first-order valence-electron chi connectivity index (χ1n) is 3.76. The maximum absolute atomic E-state index is 3.88. The van der Waals surface area contributed by atoms with Crippen molar-refractivity contribution in [2.24, 2.45) is 0 Å². The average molecular weight is 136 g/mol. The van der Waals surface area contributed by atoms with Gasteiger partial charge in [-0.25, -0.2) is 0 Å². The smallest absolute Gasteiger partial charge is 0.0103 e. The van der Waals surface area contributed by atoms with Crippen LogP contribution in [0.4, 0.5) is 0 Å². The number of hydrogen-bond acceptors (Lipinski definition) is 0. The Hall–Kier alpha value is -0.780. The molecule has 0 saturated carbocycles. The Morgan fingerprint density at radius 1 is 1.40 bits per heavy atom. The van der Waals surface area contributed by atoms with Gasteiger partial charge in [-0.2, -0.15) is 0 Å². The molecule has 0 aromatic carbocycles. The van der Waals surface area contributed by atoms with Crippen LogP contribution in [0.1, 0.15) is 26.7 Å². The molecule has 0 unspecified atom stereocenters. The maximum atomic E-state index is 3.88. The fraction of sp³-hybridized carbons (Fsp3) is 0.400. The summed E-state index contributed by atoms with van der Waals surface area (Å²) < 4.78 is 0. The zero-order valence-electron chi connectivity index (χ0n) is 6.93. The minimum Gasteiger partial charge on any atom is -0.0955 e. The van der Waals surface area contributed by atoms with E-state index in [-0.39, 0.29) is 0 Å². The van der Waals surface area contributed by atoms with E-state index in [0.29, 0.717) is 0 Å². The topological polar surface area (TPSA) is 0 Å². The lowest BCUT2D eigenvalue weighted by Gasteiger charge is -1.90. The van der Waals surface area contributed by atoms with Crippen LogP contribution in [-0.2, 0) is 0 Å². The van der Waals surface area contributed by atoms with Crippen molar-refractivity contribution in [1.82, 2.24) is 0 Å². The van der Waals surface area contributed by atoms with E-state index in [2.05, 4.69) is 25.7 Å². The second kappa shape index (κ2) is 6.34. The predicted molar refractivity (Wildman–Crippen MR) is 48.0 cm³/mol. The maximum Gasteiger partial charge on any atom is -0.0103 e. The molecule has 0 atom stereocenters. The Kier molecular flexibility index (Phi) is 5.85. The van der Waals surface area contributed by atoms with Crippen LogP contribution in [-0.4, -0.2) is 0 Å². The average Bonchev–Trinajstić information content (AvgIpc) is 1.89. The normalized spacial score (nSPS) is 11.4. The molecule has 0 bridgehead atoms. The Labute approximate surface area is 64.0 Å². The van der Waals surface area contributed by atoms with Crippen LogP contribution in [0, 0.1) is 0 Å². The van der Waals surface area contributed by atoms with Gasteiger partial charge in [0.05, 0.1) is 0 Å². The van der Waals surface area contributed by atoms with Gasteiger partial charge in [-0.1, -0.05) is 43.4 Å². The van der Waals surface area contributed by atoms with Gasteiger partial charge in [0.15, 0.2) is 0 Å². The first-order valence-corrected chi connectivity index (χ1v) is 3.76. The highest BCUT2D eigenvalue weighted by Gasteiger charge is 1.80. The molecule has 0 amide bonds. The second-order valence-corrected chi connectivity index (χ2v) is 2.24. The molecule has 0 saturated heterocycles. The van der Waals surface area contributed by atoms with Crippen LogP contribution in [0.5, 0.6) is 0 Å². The largest absolute Gasteiger partial charge is 0.0955 e. The summed E-state index contributed by atoms with van der Waals surface area (Å²) >= 11 is 0. The van der Waals surface area contributed by atoms with E-state index in [4.69, 9.17) is 0 Å². The fourth-order valence-electron chi connectivity index (χ4n) is 0.705. The van der Waals surface area contributed by atoms with E-state index in [9.17, 15) is 0 Å². The summed E-state index contributed by atoms with van der Waals surface area (Å²) in [5.41, 5.74) is 1.17. The van der Waals surface area contributed by atoms with Crippen LogP contribution < -0.4 is 0 Å². The standard InChI is InChI=1S/C10H16/c1-4-6-7-9-10(3)8-5-2/h5-8H,3-4,9H2,1-2H3. The second-order valence-electron chi connectivity index (χ2n) is 2.24. The zero-order valence-corrected chi connectivity index (χ0v) is 6.93. The third kappa shape index (κ3) is 5.36. The van der Waals surface area contributed by atoms with Crippen molar-refractivity contribution in [3.8, 4) is 0 Å². The highest BCUT2D eigenvalue weighted by Crippen LogP contribution is 2.00. The number of rotatable bonds is 4. The Bertz CT molecular complexity index is 138. The highest BCUT2D eigenvalue weighted by atomic mass is 13.9. The SMILES string of the molecule is C=C(C=CC)CC=CCC. The lowest BCUT2D eigenvalue weighted by atomic mass is 10.2. The molecule has 0 aromatic heterocycles. The Balaban J connectivity index is 3.49. The molecular weight excluding hydrogens is 120 g/mol. The summed E-state index contributed by atoms with van der Waals surface area (Å²) in [7, 11) is 0. The van der Waals surface area contributed by atoms with E-state index in [1.54, 1.807) is 0 Å². The van der Waals surface area contributed by atoms with Crippen molar-refractivity contribution in [2.75, 3.05) is 0 Å². The van der Waals surface area contributed by atoms with Crippen LogP contribution in [0.15, 0.2) is 36.5 Å². The molecule has 0 aliphatic rings. The molecule has 0 aliphatic carbocycles. The molecule has 0 rings (SSSR count). The number of allylic oxidation sites excluding steroid dienone is 5. The molecular formula is C10H16. The van der Waals surface area contributed by atoms with Crippen molar-refractivity contribution in [3.63, 3.8) is 0 Å². The van der Waals surface area contributed by atoms with Crippen molar-refractivity contribution < 1.29 is 0 Å². The third-order valence-electron chi connectivity index (χ3n) is 1.18. The van der Waals surface area contributed by atoms with E-state index in [1.807, 2.05) is 19.1 Å². The van der Waals surface area contributed by atoms with Crippen LogP contribution in [0.2, 0.25) is 0 Å². The lowest BCUT2D eigenvalue weighted by molar-refractivity contribution is 1.18. The molecule has 10 heavy (non-hydrogen) atoms. The lowest BCUT2D eigenvalue weighted by Crippen LogP contribution is -1.69. The monoisotopic (exact) mass is 136 g/mol. The molecule has 0 radical (unpaired) electrons. The molecule has 0 heteroatoms.